The average molecular weight is 431 g/mol. The Labute approximate surface area is 210 Å². The summed E-state index contributed by atoms with van der Waals surface area (Å²) in [5, 5.41) is 12.1. The molecule has 2 rings (SSSR count). The van der Waals surface area contributed by atoms with E-state index >= 15 is 0 Å². The van der Waals surface area contributed by atoms with Gasteiger partial charge in [0.05, 0.1) is 4.90 Å². The van der Waals surface area contributed by atoms with Crippen molar-refractivity contribution in [3.63, 3.8) is 0 Å². The smallest absolute Gasteiger partial charge is 0.870 e. The minimum Gasteiger partial charge on any atom is -0.870 e. The summed E-state index contributed by atoms with van der Waals surface area (Å²) in [5.74, 6) is 0.0467. The largest absolute Gasteiger partial charge is 1.00 e. The van der Waals surface area contributed by atoms with E-state index in [1.807, 2.05) is 18.2 Å². The topological polar surface area (TPSA) is 86.7 Å². The summed E-state index contributed by atoms with van der Waals surface area (Å²) >= 11 is 0. The Morgan fingerprint density at radius 3 is 2.21 bits per heavy atom. The first-order valence-electron chi connectivity index (χ1n) is 9.46. The van der Waals surface area contributed by atoms with Gasteiger partial charge in [-0.15, -0.1) is 0 Å². The van der Waals surface area contributed by atoms with Crippen molar-refractivity contribution in [1.29, 1.82) is 0 Å². The summed E-state index contributed by atoms with van der Waals surface area (Å²) in [4.78, 5) is -0.434. The van der Waals surface area contributed by atoms with Crippen molar-refractivity contribution in [1.82, 2.24) is 0 Å². The van der Waals surface area contributed by atoms with Crippen LogP contribution in [-0.4, -0.2) is 13.0 Å². The molecule has 0 aliphatic carbocycles. The fourth-order valence-electron chi connectivity index (χ4n) is 2.93. The summed E-state index contributed by atoms with van der Waals surface area (Å²) in [7, 11) is -4.40. The summed E-state index contributed by atoms with van der Waals surface area (Å²) in [6, 6.07) is 10.8. The van der Waals surface area contributed by atoms with Gasteiger partial charge in [0.15, 0.2) is 0 Å². The van der Waals surface area contributed by atoms with Crippen LogP contribution in [-0.2, 0) is 16.5 Å². The van der Waals surface area contributed by atoms with Crippen LogP contribution in [0.15, 0.2) is 47.4 Å². The van der Waals surface area contributed by atoms with Crippen molar-refractivity contribution in [2.75, 3.05) is 0 Å². The minimum atomic E-state index is -4.40. The van der Waals surface area contributed by atoms with Crippen LogP contribution in [0.5, 0.6) is 17.2 Å². The standard InChI is InChI=1S/C21H28O5S.K/c1-2-3-4-5-6-7-8-11-17-12-9-10-13-20(17)26-21-15-14-18(16-19(21)22)27(23,24)25;/h9-10,12-16,22H,2-8,11H2,1H3,(H,23,24,25);/q;+1/p-1. The van der Waals surface area contributed by atoms with Crippen molar-refractivity contribution in [3.05, 3.63) is 48.0 Å². The van der Waals surface area contributed by atoms with Crippen LogP contribution in [0, 0.1) is 0 Å². The van der Waals surface area contributed by atoms with Crippen LogP contribution in [0.25, 0.3) is 0 Å². The van der Waals surface area contributed by atoms with Crippen LogP contribution in [0.2, 0.25) is 0 Å². The van der Waals surface area contributed by atoms with E-state index in [1.54, 1.807) is 6.07 Å². The van der Waals surface area contributed by atoms with Crippen LogP contribution >= 0.6 is 0 Å². The van der Waals surface area contributed by atoms with Crippen LogP contribution in [0.4, 0.5) is 0 Å². The Kier molecular flexibility index (Phi) is 11.9. The number of ether oxygens (including phenoxy) is 1. The van der Waals surface area contributed by atoms with Gasteiger partial charge in [-0.05, 0) is 42.7 Å². The van der Waals surface area contributed by atoms with Crippen molar-refractivity contribution >= 4 is 10.1 Å². The predicted molar refractivity (Wildman–Crippen MR) is 104 cm³/mol. The molecule has 1 N–H and O–H groups in total. The number of para-hydroxylation sites is 1. The summed E-state index contributed by atoms with van der Waals surface area (Å²) < 4.78 is 37.0. The van der Waals surface area contributed by atoms with Gasteiger partial charge < -0.3 is 9.84 Å². The molecule has 28 heavy (non-hydrogen) atoms. The third-order valence-electron chi connectivity index (χ3n) is 4.46. The zero-order chi connectivity index (χ0) is 19.7. The van der Waals surface area contributed by atoms with Gasteiger partial charge in [-0.1, -0.05) is 69.4 Å². The minimum absolute atomic E-state index is 0. The first-order chi connectivity index (χ1) is 12.9. The fourth-order valence-corrected chi connectivity index (χ4v) is 3.43. The second-order valence-electron chi connectivity index (χ2n) is 6.66. The molecule has 0 fully saturated rings. The average Bonchev–Trinajstić information content (AvgIpc) is 2.63. The summed E-state index contributed by atoms with van der Waals surface area (Å²) in [6.45, 7) is 2.21. The number of benzene rings is 2. The number of hydrogen-bond donors (Lipinski definition) is 1. The molecule has 2 aromatic carbocycles. The van der Waals surface area contributed by atoms with E-state index < -0.39 is 20.8 Å². The molecule has 0 aromatic heterocycles. The number of hydrogen-bond acceptors (Lipinski definition) is 4. The Morgan fingerprint density at radius 2 is 1.57 bits per heavy atom. The van der Waals surface area contributed by atoms with E-state index in [2.05, 4.69) is 6.92 Å². The van der Waals surface area contributed by atoms with E-state index in [4.69, 9.17) is 9.29 Å². The third-order valence-corrected chi connectivity index (χ3v) is 5.30. The van der Waals surface area contributed by atoms with Crippen molar-refractivity contribution < 1.29 is 74.2 Å². The summed E-state index contributed by atoms with van der Waals surface area (Å²) in [6.07, 6.45) is 9.41. The van der Waals surface area contributed by atoms with E-state index in [-0.39, 0.29) is 57.1 Å². The van der Waals surface area contributed by atoms with E-state index in [1.165, 1.54) is 38.2 Å². The van der Waals surface area contributed by atoms with Gasteiger partial charge in [-0.2, -0.15) is 8.42 Å². The van der Waals surface area contributed by atoms with Crippen molar-refractivity contribution in [3.8, 4) is 17.2 Å². The monoisotopic (exact) mass is 430 g/mol. The fraction of sp³-hybridized carbons (Fsp3) is 0.429. The van der Waals surface area contributed by atoms with Crippen molar-refractivity contribution in [2.24, 2.45) is 0 Å². The normalized spacial score (nSPS) is 11.1. The zero-order valence-electron chi connectivity index (χ0n) is 16.7. The van der Waals surface area contributed by atoms with Gasteiger partial charge in [0.2, 0.25) is 0 Å². The van der Waals surface area contributed by atoms with E-state index in [0.29, 0.717) is 5.75 Å². The van der Waals surface area contributed by atoms with Gasteiger partial charge >= 0.3 is 51.4 Å². The Morgan fingerprint density at radius 1 is 0.929 bits per heavy atom. The number of aryl methyl sites for hydroxylation is 1. The maximum atomic E-state index is 12.1. The predicted octanol–water partition coefficient (Wildman–Crippen LogP) is 2.10. The van der Waals surface area contributed by atoms with Crippen LogP contribution in [0.3, 0.4) is 0 Å². The molecule has 0 saturated carbocycles. The molecular formula is C21H27KO5S. The van der Waals surface area contributed by atoms with Crippen LogP contribution < -0.4 is 61.2 Å². The molecule has 0 spiro atoms. The molecule has 0 aliphatic heterocycles. The second kappa shape index (κ2) is 13.0. The van der Waals surface area contributed by atoms with Gasteiger partial charge in [0, 0.05) is 0 Å². The maximum Gasteiger partial charge on any atom is 1.00 e. The Hall–Kier alpha value is -0.414. The maximum absolute atomic E-state index is 12.1. The third kappa shape index (κ3) is 8.53. The number of unbranched alkanes of at least 4 members (excludes halogenated alkanes) is 6. The molecule has 0 atom stereocenters. The zero-order valence-corrected chi connectivity index (χ0v) is 20.6. The van der Waals surface area contributed by atoms with Gasteiger partial charge in [0.1, 0.15) is 11.5 Å². The Bertz CT molecular complexity index is 836. The first kappa shape index (κ1) is 25.6. The molecular weight excluding hydrogens is 403 g/mol. The molecule has 148 valence electrons. The van der Waals surface area contributed by atoms with Gasteiger partial charge in [-0.3, -0.25) is 4.55 Å². The quantitative estimate of drug-likeness (QED) is 0.335. The molecule has 0 heterocycles. The summed E-state index contributed by atoms with van der Waals surface area (Å²) in [5.41, 5.74) is 1.02. The molecule has 0 aliphatic rings. The molecule has 2 aromatic rings. The molecule has 0 amide bonds. The molecule has 0 radical (unpaired) electrons. The molecule has 0 bridgehead atoms. The second-order valence-corrected chi connectivity index (χ2v) is 8.09. The van der Waals surface area contributed by atoms with E-state index in [9.17, 15) is 13.5 Å². The SMILES string of the molecule is CCCCCCCCCc1ccccc1Oc1ccc(S(=O)(=O)O)cc1[O-].[K+]. The molecule has 0 saturated heterocycles. The van der Waals surface area contributed by atoms with Gasteiger partial charge in [0.25, 0.3) is 10.1 Å². The molecule has 5 nitrogen and oxygen atoms in total. The number of rotatable bonds is 11. The molecule has 0 unspecified atom stereocenters. The molecule has 7 heteroatoms. The van der Waals surface area contributed by atoms with Crippen LogP contribution in [0.1, 0.15) is 57.4 Å². The van der Waals surface area contributed by atoms with Crippen molar-refractivity contribution in [2.45, 2.75) is 63.2 Å². The van der Waals surface area contributed by atoms with Gasteiger partial charge in [-0.25, -0.2) is 0 Å². The Balaban J connectivity index is 0.00000392. The van der Waals surface area contributed by atoms with E-state index in [0.717, 1.165) is 37.0 Å². The first-order valence-corrected chi connectivity index (χ1v) is 10.9.